The molecule has 2 atom stereocenters. The molecule has 3 nitrogen and oxygen atoms in total. The lowest BCUT2D eigenvalue weighted by Crippen LogP contribution is -2.06. The number of carbonyl (C=O) groups is 1. The highest BCUT2D eigenvalue weighted by molar-refractivity contribution is 6.30. The third-order valence-corrected chi connectivity index (χ3v) is 5.46. The van der Waals surface area contributed by atoms with Crippen LogP contribution in [0.5, 0.6) is 0 Å². The van der Waals surface area contributed by atoms with Crippen molar-refractivity contribution in [3.05, 3.63) is 93.0 Å². The molecule has 2 bridgehead atoms. The van der Waals surface area contributed by atoms with E-state index in [2.05, 4.69) is 0 Å². The zero-order valence-corrected chi connectivity index (χ0v) is 14.4. The van der Waals surface area contributed by atoms with Crippen molar-refractivity contribution in [1.29, 1.82) is 0 Å². The average molecular weight is 385 g/mol. The summed E-state index contributed by atoms with van der Waals surface area (Å²) in [5.74, 6) is -3.09. The van der Waals surface area contributed by atoms with Gasteiger partial charge in [-0.2, -0.15) is 0 Å². The van der Waals surface area contributed by atoms with E-state index in [1.165, 1.54) is 12.1 Å². The van der Waals surface area contributed by atoms with Crippen LogP contribution in [0, 0.1) is 11.6 Å². The van der Waals surface area contributed by atoms with E-state index >= 15 is 0 Å². The lowest BCUT2D eigenvalue weighted by Gasteiger charge is -2.17. The lowest BCUT2D eigenvalue weighted by atomic mass is 9.84. The van der Waals surface area contributed by atoms with Crippen LogP contribution in [-0.2, 0) is 4.74 Å². The molecule has 0 unspecified atom stereocenters. The van der Waals surface area contributed by atoms with Crippen LogP contribution in [0.4, 0.5) is 8.78 Å². The highest BCUT2D eigenvalue weighted by atomic mass is 35.5. The molecule has 6 heteroatoms. The van der Waals surface area contributed by atoms with Gasteiger partial charge in [0.05, 0.1) is 10.6 Å². The summed E-state index contributed by atoms with van der Waals surface area (Å²) in [5, 5.41) is 8.96. The van der Waals surface area contributed by atoms with Crippen molar-refractivity contribution in [2.45, 2.75) is 12.2 Å². The second kappa shape index (κ2) is 5.62. The molecule has 5 rings (SSSR count). The average Bonchev–Trinajstić information content (AvgIpc) is 3.22. The minimum Gasteiger partial charge on any atom is -0.478 e. The maximum Gasteiger partial charge on any atom is 0.335 e. The van der Waals surface area contributed by atoms with Crippen LogP contribution in [0.2, 0.25) is 5.02 Å². The SMILES string of the molecule is O=C(O)c1ccc2c(c1)[C@@H]1O[C@H]2c2ccc(-c3ccc(Cl)c(F)c3F)cc21. The van der Waals surface area contributed by atoms with Gasteiger partial charge in [0.15, 0.2) is 11.6 Å². The van der Waals surface area contributed by atoms with Gasteiger partial charge in [-0.15, -0.1) is 0 Å². The van der Waals surface area contributed by atoms with Crippen LogP contribution in [0.1, 0.15) is 44.8 Å². The van der Waals surface area contributed by atoms with Gasteiger partial charge in [-0.1, -0.05) is 29.8 Å². The van der Waals surface area contributed by atoms with Crippen molar-refractivity contribution in [2.24, 2.45) is 0 Å². The third kappa shape index (κ3) is 2.25. The quantitative estimate of drug-likeness (QED) is 0.593. The first kappa shape index (κ1) is 16.4. The van der Waals surface area contributed by atoms with Gasteiger partial charge in [-0.3, -0.25) is 0 Å². The summed E-state index contributed by atoms with van der Waals surface area (Å²) in [7, 11) is 0. The first-order valence-electron chi connectivity index (χ1n) is 8.26. The Balaban J connectivity index is 1.62. The fraction of sp³-hybridized carbons (Fsp3) is 0.0952. The van der Waals surface area contributed by atoms with Gasteiger partial charge < -0.3 is 9.84 Å². The summed E-state index contributed by atoms with van der Waals surface area (Å²) < 4.78 is 34.2. The first-order valence-corrected chi connectivity index (χ1v) is 8.64. The van der Waals surface area contributed by atoms with Crippen molar-refractivity contribution in [3.63, 3.8) is 0 Å². The fourth-order valence-electron chi connectivity index (χ4n) is 3.89. The van der Waals surface area contributed by atoms with E-state index in [1.807, 2.05) is 6.07 Å². The molecule has 134 valence electrons. The zero-order chi connectivity index (χ0) is 18.9. The van der Waals surface area contributed by atoms with Gasteiger partial charge in [0.1, 0.15) is 12.2 Å². The molecule has 2 aliphatic heterocycles. The van der Waals surface area contributed by atoms with E-state index in [0.29, 0.717) is 5.56 Å². The molecule has 0 radical (unpaired) electrons. The maximum absolute atomic E-state index is 14.3. The van der Waals surface area contributed by atoms with Crippen molar-refractivity contribution < 1.29 is 23.4 Å². The second-order valence-electron chi connectivity index (χ2n) is 6.61. The van der Waals surface area contributed by atoms with E-state index in [9.17, 15) is 18.7 Å². The molecule has 2 aliphatic rings. The van der Waals surface area contributed by atoms with Crippen LogP contribution in [-0.4, -0.2) is 11.1 Å². The van der Waals surface area contributed by atoms with Crippen molar-refractivity contribution in [2.75, 3.05) is 0 Å². The number of rotatable bonds is 2. The van der Waals surface area contributed by atoms with Crippen LogP contribution in [0.15, 0.2) is 48.5 Å². The van der Waals surface area contributed by atoms with E-state index in [4.69, 9.17) is 16.3 Å². The number of halogens is 3. The Hall–Kier alpha value is -2.76. The number of carboxylic acid groups (broad SMARTS) is 1. The molecule has 0 saturated heterocycles. The van der Waals surface area contributed by atoms with E-state index < -0.39 is 23.7 Å². The number of ether oxygens (including phenoxy) is 1. The number of fused-ring (bicyclic) bond motifs is 8. The number of benzene rings is 3. The Morgan fingerprint density at radius 3 is 2.30 bits per heavy atom. The fourth-order valence-corrected chi connectivity index (χ4v) is 4.04. The molecule has 0 aliphatic carbocycles. The largest absolute Gasteiger partial charge is 0.478 e. The number of aromatic carboxylic acids is 1. The molecule has 2 heterocycles. The first-order chi connectivity index (χ1) is 13.0. The Morgan fingerprint density at radius 2 is 1.56 bits per heavy atom. The number of hydrogen-bond donors (Lipinski definition) is 1. The summed E-state index contributed by atoms with van der Waals surface area (Å²) >= 11 is 5.63. The maximum atomic E-state index is 14.3. The predicted molar refractivity (Wildman–Crippen MR) is 95.0 cm³/mol. The predicted octanol–water partition coefficient (Wildman–Crippen LogP) is 5.51. The molecule has 1 N–H and O–H groups in total. The Kier molecular flexibility index (Phi) is 3.41. The minimum atomic E-state index is -1.08. The monoisotopic (exact) mass is 384 g/mol. The van der Waals surface area contributed by atoms with Gasteiger partial charge >= 0.3 is 5.97 Å². The van der Waals surface area contributed by atoms with E-state index in [0.717, 1.165) is 22.3 Å². The van der Waals surface area contributed by atoms with Crippen molar-refractivity contribution >= 4 is 17.6 Å². The molecule has 0 spiro atoms. The van der Waals surface area contributed by atoms with E-state index in [-0.39, 0.29) is 22.3 Å². The van der Waals surface area contributed by atoms with Crippen LogP contribution < -0.4 is 0 Å². The van der Waals surface area contributed by atoms with Crippen LogP contribution >= 0.6 is 11.6 Å². The number of hydrogen-bond acceptors (Lipinski definition) is 2. The summed E-state index contributed by atoms with van der Waals surface area (Å²) in [6.45, 7) is 0. The Morgan fingerprint density at radius 1 is 0.889 bits per heavy atom. The molecule has 3 aromatic rings. The molecular formula is C21H11ClF2O3. The molecule has 27 heavy (non-hydrogen) atoms. The van der Waals surface area contributed by atoms with Crippen LogP contribution in [0.3, 0.4) is 0 Å². The van der Waals surface area contributed by atoms with Crippen LogP contribution in [0.25, 0.3) is 11.1 Å². The van der Waals surface area contributed by atoms with Gasteiger partial charge in [0.25, 0.3) is 0 Å². The minimum absolute atomic E-state index is 0.113. The summed E-state index contributed by atoms with van der Waals surface area (Å²) in [6, 6.07) is 13.0. The molecule has 0 saturated carbocycles. The molecule has 3 aromatic carbocycles. The lowest BCUT2D eigenvalue weighted by molar-refractivity contribution is 0.0696. The number of carboxylic acids is 1. The third-order valence-electron chi connectivity index (χ3n) is 5.17. The highest BCUT2D eigenvalue weighted by Crippen LogP contribution is 2.54. The molecule has 0 amide bonds. The van der Waals surface area contributed by atoms with Crippen molar-refractivity contribution in [1.82, 2.24) is 0 Å². The van der Waals surface area contributed by atoms with Gasteiger partial charge in [-0.05, 0) is 58.1 Å². The zero-order valence-electron chi connectivity index (χ0n) is 13.7. The summed E-state index contributed by atoms with van der Waals surface area (Å²) in [6.07, 6.45) is -0.692. The van der Waals surface area contributed by atoms with Gasteiger partial charge in [0.2, 0.25) is 0 Å². The highest BCUT2D eigenvalue weighted by Gasteiger charge is 2.43. The van der Waals surface area contributed by atoms with E-state index in [1.54, 1.807) is 30.3 Å². The molecule has 0 aromatic heterocycles. The summed E-state index contributed by atoms with van der Waals surface area (Å²) in [5.41, 5.74) is 4.34. The Labute approximate surface area is 157 Å². The van der Waals surface area contributed by atoms with Crippen molar-refractivity contribution in [3.8, 4) is 11.1 Å². The normalized spacial score (nSPS) is 19.1. The summed E-state index contributed by atoms with van der Waals surface area (Å²) in [4.78, 5) is 11.3. The Bertz CT molecular complexity index is 1140. The topological polar surface area (TPSA) is 46.5 Å². The van der Waals surface area contributed by atoms with Gasteiger partial charge in [0, 0.05) is 5.56 Å². The standard InChI is InChI=1S/C21H11ClF2O3/c22-16-6-5-11(17(23)18(16)24)9-1-3-12-14(7-9)20-15-8-10(21(25)26)2-4-13(15)19(12)27-20/h1-8,19-20H,(H,25,26)/t19-,20+/m0/s1. The second-order valence-corrected chi connectivity index (χ2v) is 7.02. The smallest absolute Gasteiger partial charge is 0.335 e. The van der Waals surface area contributed by atoms with Gasteiger partial charge in [-0.25, -0.2) is 13.6 Å². The molecule has 0 fully saturated rings. The molecular weight excluding hydrogens is 374 g/mol.